The quantitative estimate of drug-likeness (QED) is 0.742. The van der Waals surface area contributed by atoms with Crippen molar-refractivity contribution in [3.05, 3.63) is 40.5 Å². The van der Waals surface area contributed by atoms with Gasteiger partial charge in [0.1, 0.15) is 0 Å². The minimum atomic E-state index is -3.48. The van der Waals surface area contributed by atoms with Crippen LogP contribution in [0.3, 0.4) is 0 Å². The van der Waals surface area contributed by atoms with Gasteiger partial charge in [-0.25, -0.2) is 8.42 Å². The van der Waals surface area contributed by atoms with Crippen LogP contribution in [0.25, 0.3) is 0 Å². The fourth-order valence-electron chi connectivity index (χ4n) is 2.62. The van der Waals surface area contributed by atoms with E-state index < -0.39 is 10.0 Å². The number of piperazine rings is 1. The van der Waals surface area contributed by atoms with Crippen molar-refractivity contribution in [2.45, 2.75) is 24.8 Å². The highest BCUT2D eigenvalue weighted by Gasteiger charge is 2.30. The van der Waals surface area contributed by atoms with Crippen molar-refractivity contribution in [1.82, 2.24) is 19.3 Å². The molecule has 1 aromatic carbocycles. The van der Waals surface area contributed by atoms with E-state index >= 15 is 0 Å². The second kappa shape index (κ2) is 7.30. The van der Waals surface area contributed by atoms with Crippen molar-refractivity contribution < 1.29 is 12.9 Å². The van der Waals surface area contributed by atoms with E-state index in [1.54, 1.807) is 24.3 Å². The van der Waals surface area contributed by atoms with Crippen molar-refractivity contribution in [1.29, 1.82) is 0 Å². The van der Waals surface area contributed by atoms with E-state index in [1.807, 2.05) is 6.92 Å². The molecule has 1 fully saturated rings. The first-order valence-electron chi connectivity index (χ1n) is 7.79. The number of benzene rings is 1. The number of hydrogen-bond donors (Lipinski definition) is 0. The van der Waals surface area contributed by atoms with E-state index in [0.717, 1.165) is 0 Å². The van der Waals surface area contributed by atoms with Gasteiger partial charge in [-0.2, -0.15) is 9.29 Å². The molecule has 24 heavy (non-hydrogen) atoms. The van der Waals surface area contributed by atoms with Gasteiger partial charge in [0.05, 0.1) is 11.4 Å². The van der Waals surface area contributed by atoms with Gasteiger partial charge < -0.3 is 4.52 Å². The normalized spacial score (nSPS) is 17.2. The Morgan fingerprint density at radius 1 is 1.21 bits per heavy atom. The lowest BCUT2D eigenvalue weighted by atomic mass is 10.3. The van der Waals surface area contributed by atoms with Gasteiger partial charge in [0.15, 0.2) is 5.82 Å². The molecule has 0 saturated carbocycles. The largest absolute Gasteiger partial charge is 0.339 e. The molecular formula is C15H19BrN4O3S. The summed E-state index contributed by atoms with van der Waals surface area (Å²) in [6, 6.07) is 6.90. The average molecular weight is 415 g/mol. The summed E-state index contributed by atoms with van der Waals surface area (Å²) in [7, 11) is -3.48. The van der Waals surface area contributed by atoms with Gasteiger partial charge in [0.2, 0.25) is 15.9 Å². The van der Waals surface area contributed by atoms with Gasteiger partial charge >= 0.3 is 0 Å². The molecular weight excluding hydrogens is 396 g/mol. The Morgan fingerprint density at radius 3 is 2.54 bits per heavy atom. The van der Waals surface area contributed by atoms with Crippen LogP contribution in [0.4, 0.5) is 0 Å². The zero-order chi connectivity index (χ0) is 17.2. The summed E-state index contributed by atoms with van der Waals surface area (Å²) in [6.07, 6.45) is 0.713. The summed E-state index contributed by atoms with van der Waals surface area (Å²) in [5, 5.41) is 3.94. The van der Waals surface area contributed by atoms with E-state index in [-0.39, 0.29) is 0 Å². The minimum Gasteiger partial charge on any atom is -0.339 e. The molecule has 9 heteroatoms. The maximum absolute atomic E-state index is 12.8. The monoisotopic (exact) mass is 414 g/mol. The van der Waals surface area contributed by atoms with Crippen molar-refractivity contribution in [3.63, 3.8) is 0 Å². The Morgan fingerprint density at radius 2 is 1.92 bits per heavy atom. The predicted molar refractivity (Wildman–Crippen MR) is 91.9 cm³/mol. The van der Waals surface area contributed by atoms with Gasteiger partial charge in [-0.05, 0) is 28.1 Å². The standard InChI is InChI=1S/C15H19BrN4O3S/c1-2-15-17-14(18-23-15)11-19-7-9-20(10-8-19)24(21,22)13-6-4-3-5-12(13)16/h3-6H,2,7-11H2,1H3. The summed E-state index contributed by atoms with van der Waals surface area (Å²) in [6.45, 7) is 4.71. The first-order valence-corrected chi connectivity index (χ1v) is 10.0. The van der Waals surface area contributed by atoms with Crippen LogP contribution in [0.1, 0.15) is 18.6 Å². The molecule has 2 aromatic rings. The maximum atomic E-state index is 12.8. The summed E-state index contributed by atoms with van der Waals surface area (Å²) in [5.74, 6) is 1.27. The summed E-state index contributed by atoms with van der Waals surface area (Å²) >= 11 is 3.32. The molecule has 0 atom stereocenters. The van der Waals surface area contributed by atoms with Gasteiger partial charge in [-0.15, -0.1) is 0 Å². The Hall–Kier alpha value is -1.29. The Kier molecular flexibility index (Phi) is 5.33. The first-order chi connectivity index (χ1) is 11.5. The van der Waals surface area contributed by atoms with Crippen LogP contribution in [0.5, 0.6) is 0 Å². The number of sulfonamides is 1. The third-order valence-electron chi connectivity index (χ3n) is 3.96. The van der Waals surface area contributed by atoms with Gasteiger partial charge in [-0.3, -0.25) is 4.90 Å². The number of halogens is 1. The Bertz CT molecular complexity index is 801. The second-order valence-electron chi connectivity index (χ2n) is 5.57. The van der Waals surface area contributed by atoms with Crippen molar-refractivity contribution >= 4 is 26.0 Å². The zero-order valence-electron chi connectivity index (χ0n) is 13.4. The predicted octanol–water partition coefficient (Wildman–Crippen LogP) is 1.90. The number of aryl methyl sites for hydroxylation is 1. The number of nitrogens with zero attached hydrogens (tertiary/aromatic N) is 4. The molecule has 0 spiro atoms. The molecule has 7 nitrogen and oxygen atoms in total. The Balaban J connectivity index is 1.63. The van der Waals surface area contributed by atoms with Crippen LogP contribution >= 0.6 is 15.9 Å². The van der Waals surface area contributed by atoms with Crippen LogP contribution in [-0.4, -0.2) is 53.9 Å². The lowest BCUT2D eigenvalue weighted by Crippen LogP contribution is -2.48. The summed E-state index contributed by atoms with van der Waals surface area (Å²) in [4.78, 5) is 6.74. The van der Waals surface area contributed by atoms with Crippen LogP contribution in [0.15, 0.2) is 38.2 Å². The maximum Gasteiger partial charge on any atom is 0.244 e. The highest BCUT2D eigenvalue weighted by Crippen LogP contribution is 2.25. The molecule has 1 aliphatic heterocycles. The molecule has 1 aliphatic rings. The minimum absolute atomic E-state index is 0.309. The SMILES string of the molecule is CCc1nc(CN2CCN(S(=O)(=O)c3ccccc3Br)CC2)no1. The number of aromatic nitrogens is 2. The van der Waals surface area contributed by atoms with E-state index in [1.165, 1.54) is 4.31 Å². The van der Waals surface area contributed by atoms with E-state index in [4.69, 9.17) is 4.52 Å². The van der Waals surface area contributed by atoms with Crippen LogP contribution in [0, 0.1) is 0 Å². The van der Waals surface area contributed by atoms with Crippen LogP contribution < -0.4 is 0 Å². The molecule has 1 saturated heterocycles. The molecule has 0 radical (unpaired) electrons. The summed E-state index contributed by atoms with van der Waals surface area (Å²) in [5.41, 5.74) is 0. The van der Waals surface area contributed by atoms with E-state index in [2.05, 4.69) is 31.0 Å². The molecule has 0 aliphatic carbocycles. The fourth-order valence-corrected chi connectivity index (χ4v) is 5.00. The third-order valence-corrected chi connectivity index (χ3v) is 6.87. The van der Waals surface area contributed by atoms with Gasteiger partial charge in [-0.1, -0.05) is 24.2 Å². The van der Waals surface area contributed by atoms with Crippen molar-refractivity contribution in [2.75, 3.05) is 26.2 Å². The molecule has 0 bridgehead atoms. The topological polar surface area (TPSA) is 79.5 Å². The molecule has 130 valence electrons. The zero-order valence-corrected chi connectivity index (χ0v) is 15.8. The molecule has 2 heterocycles. The molecule has 0 unspecified atom stereocenters. The van der Waals surface area contributed by atoms with Gasteiger partial charge in [0, 0.05) is 37.1 Å². The molecule has 0 N–H and O–H groups in total. The summed E-state index contributed by atoms with van der Waals surface area (Å²) < 4.78 is 32.7. The number of hydrogen-bond acceptors (Lipinski definition) is 6. The third kappa shape index (κ3) is 3.69. The smallest absolute Gasteiger partial charge is 0.244 e. The molecule has 3 rings (SSSR count). The Labute approximate surface area is 149 Å². The highest BCUT2D eigenvalue weighted by molar-refractivity contribution is 9.10. The number of rotatable bonds is 5. The lowest BCUT2D eigenvalue weighted by molar-refractivity contribution is 0.176. The fraction of sp³-hybridized carbons (Fsp3) is 0.467. The van der Waals surface area contributed by atoms with Crippen LogP contribution in [0.2, 0.25) is 0 Å². The second-order valence-corrected chi connectivity index (χ2v) is 8.33. The van der Waals surface area contributed by atoms with Gasteiger partial charge in [0.25, 0.3) is 0 Å². The van der Waals surface area contributed by atoms with E-state index in [0.29, 0.717) is 60.2 Å². The first kappa shape index (κ1) is 17.5. The molecule has 0 amide bonds. The average Bonchev–Trinajstić information content (AvgIpc) is 3.03. The van der Waals surface area contributed by atoms with Crippen molar-refractivity contribution in [3.8, 4) is 0 Å². The molecule has 1 aromatic heterocycles. The van der Waals surface area contributed by atoms with Crippen LogP contribution in [-0.2, 0) is 23.0 Å². The van der Waals surface area contributed by atoms with E-state index in [9.17, 15) is 8.42 Å². The highest BCUT2D eigenvalue weighted by atomic mass is 79.9. The lowest BCUT2D eigenvalue weighted by Gasteiger charge is -2.33. The van der Waals surface area contributed by atoms with Crippen molar-refractivity contribution in [2.24, 2.45) is 0 Å².